The molecule has 2 aromatic carbocycles. The van der Waals surface area contributed by atoms with E-state index in [1.807, 2.05) is 30.7 Å². The Hall–Kier alpha value is -2.68. The molecule has 1 fully saturated rings. The number of carboxylic acid groups (broad SMARTS) is 1. The van der Waals surface area contributed by atoms with E-state index in [2.05, 4.69) is 12.1 Å². The predicted molar refractivity (Wildman–Crippen MR) is 116 cm³/mol. The number of hydrogen-bond acceptors (Lipinski definition) is 3. The van der Waals surface area contributed by atoms with Crippen LogP contribution in [0.3, 0.4) is 0 Å². The van der Waals surface area contributed by atoms with Gasteiger partial charge < -0.3 is 14.4 Å². The second-order valence-corrected chi connectivity index (χ2v) is 8.58. The topological polar surface area (TPSA) is 75.2 Å². The summed E-state index contributed by atoms with van der Waals surface area (Å²) in [5.74, 6) is -0.618. The smallest absolute Gasteiger partial charge is 0.306 e. The molecule has 4 rings (SSSR count). The quantitative estimate of drug-likeness (QED) is 0.565. The first-order valence-corrected chi connectivity index (χ1v) is 10.4. The second kappa shape index (κ2) is 7.86. The molecular formula is C23H20Cl2N2O3. The summed E-state index contributed by atoms with van der Waals surface area (Å²) in [4.78, 5) is 11.0. The molecule has 5 nitrogen and oxygen atoms in total. The Morgan fingerprint density at radius 3 is 2.70 bits per heavy atom. The zero-order valence-corrected chi connectivity index (χ0v) is 18.1. The molecule has 1 heterocycles. The molecule has 1 aliphatic rings. The lowest BCUT2D eigenvalue weighted by Crippen LogP contribution is -2.38. The van der Waals surface area contributed by atoms with Crippen LogP contribution in [0, 0.1) is 24.2 Å². The van der Waals surface area contributed by atoms with Crippen LogP contribution in [0.25, 0.3) is 10.9 Å². The first-order chi connectivity index (χ1) is 14.3. The highest BCUT2D eigenvalue weighted by Crippen LogP contribution is 2.39. The molecule has 0 spiro atoms. The lowest BCUT2D eigenvalue weighted by Gasteiger charge is -2.33. The van der Waals surface area contributed by atoms with Crippen LogP contribution in [0.1, 0.15) is 35.2 Å². The zero-order valence-electron chi connectivity index (χ0n) is 16.6. The third-order valence-electron chi connectivity index (χ3n) is 5.84. The minimum absolute atomic E-state index is 0.151. The van der Waals surface area contributed by atoms with Gasteiger partial charge in [0.1, 0.15) is 11.9 Å². The third-order valence-corrected chi connectivity index (χ3v) is 6.61. The van der Waals surface area contributed by atoms with Crippen LogP contribution in [-0.4, -0.2) is 21.7 Å². The Bertz CT molecular complexity index is 1200. The van der Waals surface area contributed by atoms with E-state index in [4.69, 9.17) is 33.0 Å². The van der Waals surface area contributed by atoms with Gasteiger partial charge in [0.05, 0.1) is 22.6 Å². The normalized spacial score (nSPS) is 18.1. The number of carboxylic acids is 1. The van der Waals surface area contributed by atoms with E-state index in [1.165, 1.54) is 0 Å². The standard InChI is InChI=1S/C23H20Cl2N2O3/c1-12-5-13(11-26)6-20-17(12)9-15(27(20)2)10-18-19(24)3-4-21(22(18)25)30-16-7-14(8-16)23(28)29/h3-6,9,14,16H,7-8,10H2,1-2H3,(H,28,29). The molecule has 0 bridgehead atoms. The van der Waals surface area contributed by atoms with E-state index in [9.17, 15) is 10.1 Å². The van der Waals surface area contributed by atoms with Crippen LogP contribution in [0.2, 0.25) is 10.0 Å². The van der Waals surface area contributed by atoms with Gasteiger partial charge in [-0.15, -0.1) is 0 Å². The fourth-order valence-electron chi connectivity index (χ4n) is 3.95. The molecule has 1 aliphatic carbocycles. The Morgan fingerprint density at radius 2 is 2.03 bits per heavy atom. The lowest BCUT2D eigenvalue weighted by molar-refractivity contribution is -0.147. The van der Waals surface area contributed by atoms with Crippen molar-refractivity contribution in [3.8, 4) is 11.8 Å². The molecule has 0 radical (unpaired) electrons. The highest BCUT2D eigenvalue weighted by Gasteiger charge is 2.36. The van der Waals surface area contributed by atoms with Gasteiger partial charge in [-0.2, -0.15) is 5.26 Å². The van der Waals surface area contributed by atoms with Crippen LogP contribution in [0.5, 0.6) is 5.75 Å². The zero-order chi connectivity index (χ0) is 21.6. The predicted octanol–water partition coefficient (Wildman–Crippen LogP) is 5.50. The fraction of sp³-hybridized carbons (Fsp3) is 0.304. The minimum atomic E-state index is -0.789. The number of aryl methyl sites for hydroxylation is 2. The average molecular weight is 443 g/mol. The van der Waals surface area contributed by atoms with Crippen molar-refractivity contribution in [2.45, 2.75) is 32.3 Å². The number of ether oxygens (including phenoxy) is 1. The van der Waals surface area contributed by atoms with Crippen molar-refractivity contribution in [1.82, 2.24) is 4.57 Å². The molecular weight excluding hydrogens is 423 g/mol. The summed E-state index contributed by atoms with van der Waals surface area (Å²) in [6.45, 7) is 1.99. The molecule has 154 valence electrons. The number of nitrogens with zero attached hydrogens (tertiary/aromatic N) is 2. The van der Waals surface area contributed by atoms with Crippen molar-refractivity contribution < 1.29 is 14.6 Å². The first kappa shape index (κ1) is 20.6. The number of carbonyl (C=O) groups is 1. The molecule has 0 atom stereocenters. The van der Waals surface area contributed by atoms with Gasteiger partial charge in [0.15, 0.2) is 0 Å². The lowest BCUT2D eigenvalue weighted by atomic mass is 9.82. The molecule has 1 aromatic heterocycles. The largest absolute Gasteiger partial charge is 0.489 e. The van der Waals surface area contributed by atoms with Gasteiger partial charge in [-0.1, -0.05) is 23.2 Å². The van der Waals surface area contributed by atoms with Crippen molar-refractivity contribution in [2.75, 3.05) is 0 Å². The summed E-state index contributed by atoms with van der Waals surface area (Å²) in [7, 11) is 1.96. The number of rotatable bonds is 5. The molecule has 3 aromatic rings. The number of nitriles is 1. The van der Waals surface area contributed by atoms with Crippen LogP contribution in [0.15, 0.2) is 30.3 Å². The van der Waals surface area contributed by atoms with Crippen LogP contribution in [-0.2, 0) is 18.3 Å². The Kier molecular flexibility index (Phi) is 5.40. The van der Waals surface area contributed by atoms with Crippen molar-refractivity contribution in [3.05, 3.63) is 62.8 Å². The molecule has 1 N–H and O–H groups in total. The molecule has 0 aliphatic heterocycles. The van der Waals surface area contributed by atoms with E-state index >= 15 is 0 Å². The van der Waals surface area contributed by atoms with Gasteiger partial charge in [-0.3, -0.25) is 4.79 Å². The van der Waals surface area contributed by atoms with E-state index in [0.717, 1.165) is 27.7 Å². The number of benzene rings is 2. The van der Waals surface area contributed by atoms with Crippen LogP contribution in [0.4, 0.5) is 0 Å². The van der Waals surface area contributed by atoms with E-state index in [-0.39, 0.29) is 12.0 Å². The van der Waals surface area contributed by atoms with Gasteiger partial charge in [0.2, 0.25) is 0 Å². The van der Waals surface area contributed by atoms with Crippen LogP contribution >= 0.6 is 23.2 Å². The molecule has 30 heavy (non-hydrogen) atoms. The van der Waals surface area contributed by atoms with Crippen molar-refractivity contribution in [1.29, 1.82) is 5.26 Å². The maximum absolute atomic E-state index is 11.0. The van der Waals surface area contributed by atoms with E-state index < -0.39 is 5.97 Å². The van der Waals surface area contributed by atoms with Crippen molar-refractivity contribution in [3.63, 3.8) is 0 Å². The minimum Gasteiger partial charge on any atom is -0.489 e. The fourth-order valence-corrected chi connectivity index (χ4v) is 4.50. The molecule has 1 saturated carbocycles. The SMILES string of the molecule is Cc1cc(C#N)cc2c1cc(Cc1c(Cl)ccc(OC3CC(C(=O)O)C3)c1Cl)n2C. The molecule has 0 amide bonds. The van der Waals surface area contributed by atoms with E-state index in [0.29, 0.717) is 40.6 Å². The maximum atomic E-state index is 11.0. The monoisotopic (exact) mass is 442 g/mol. The number of aromatic nitrogens is 1. The van der Waals surface area contributed by atoms with Crippen LogP contribution < -0.4 is 4.74 Å². The number of aliphatic carboxylic acids is 1. The Labute approximate surface area is 184 Å². The number of fused-ring (bicyclic) bond motifs is 1. The molecule has 7 heteroatoms. The third kappa shape index (κ3) is 3.62. The summed E-state index contributed by atoms with van der Waals surface area (Å²) < 4.78 is 7.99. The van der Waals surface area contributed by atoms with Gasteiger partial charge in [-0.25, -0.2) is 0 Å². The number of hydrogen-bond donors (Lipinski definition) is 1. The van der Waals surface area contributed by atoms with Crippen molar-refractivity contribution >= 4 is 40.1 Å². The highest BCUT2D eigenvalue weighted by atomic mass is 35.5. The summed E-state index contributed by atoms with van der Waals surface area (Å²) in [6, 6.07) is 11.5. The van der Waals surface area contributed by atoms with Gasteiger partial charge in [0, 0.05) is 35.1 Å². The average Bonchev–Trinajstić information content (AvgIpc) is 2.99. The van der Waals surface area contributed by atoms with Gasteiger partial charge >= 0.3 is 5.97 Å². The second-order valence-electron chi connectivity index (χ2n) is 7.79. The molecule has 0 saturated heterocycles. The van der Waals surface area contributed by atoms with Crippen molar-refractivity contribution in [2.24, 2.45) is 13.0 Å². The van der Waals surface area contributed by atoms with Gasteiger partial charge in [-0.05, 0) is 61.2 Å². The summed E-state index contributed by atoms with van der Waals surface area (Å²) in [6.07, 6.45) is 1.31. The summed E-state index contributed by atoms with van der Waals surface area (Å²) >= 11 is 13.1. The van der Waals surface area contributed by atoms with Gasteiger partial charge in [0.25, 0.3) is 0 Å². The summed E-state index contributed by atoms with van der Waals surface area (Å²) in [5, 5.41) is 20.4. The van der Waals surface area contributed by atoms with E-state index in [1.54, 1.807) is 12.1 Å². The summed E-state index contributed by atoms with van der Waals surface area (Å²) in [5.41, 5.74) is 4.42. The Morgan fingerprint density at radius 1 is 1.30 bits per heavy atom. The Balaban J connectivity index is 1.64. The first-order valence-electron chi connectivity index (χ1n) is 9.64. The molecule has 0 unspecified atom stereocenters. The maximum Gasteiger partial charge on any atom is 0.306 e. The number of halogens is 2. The highest BCUT2D eigenvalue weighted by molar-refractivity contribution is 6.37.